The van der Waals surface area contributed by atoms with Crippen LogP contribution in [0.1, 0.15) is 28.4 Å². The van der Waals surface area contributed by atoms with Crippen molar-refractivity contribution in [1.29, 1.82) is 0 Å². The minimum absolute atomic E-state index is 0.178. The van der Waals surface area contributed by atoms with Crippen LogP contribution in [0.2, 0.25) is 0 Å². The van der Waals surface area contributed by atoms with Crippen LogP contribution in [0.4, 0.5) is 11.4 Å². The predicted molar refractivity (Wildman–Crippen MR) is 124 cm³/mol. The van der Waals surface area contributed by atoms with Gasteiger partial charge in [-0.1, -0.05) is 24.3 Å². The van der Waals surface area contributed by atoms with Gasteiger partial charge in [0.1, 0.15) is 11.3 Å². The van der Waals surface area contributed by atoms with Crippen molar-refractivity contribution in [3.8, 4) is 17.2 Å². The summed E-state index contributed by atoms with van der Waals surface area (Å²) in [5.41, 5.74) is 0.288. The van der Waals surface area contributed by atoms with Gasteiger partial charge in [0.25, 0.3) is 11.4 Å². The Kier molecular flexibility index (Phi) is 7.55. The van der Waals surface area contributed by atoms with Gasteiger partial charge in [0, 0.05) is 6.07 Å². The second-order valence-electron chi connectivity index (χ2n) is 6.82. The first kappa shape index (κ1) is 23.9. The molecule has 0 spiro atoms. The van der Waals surface area contributed by atoms with Crippen LogP contribution in [0.5, 0.6) is 17.2 Å². The van der Waals surface area contributed by atoms with Gasteiger partial charge in [-0.3, -0.25) is 20.2 Å². The number of carbonyl (C=O) groups excluding carboxylic acids is 1. The first-order valence-electron chi connectivity index (χ1n) is 10.1. The number of hydrogen-bond acceptors (Lipinski definition) is 8. The van der Waals surface area contributed by atoms with Gasteiger partial charge in [-0.15, -0.1) is 0 Å². The molecule has 0 saturated heterocycles. The second kappa shape index (κ2) is 10.7. The Morgan fingerprint density at radius 2 is 1.68 bits per heavy atom. The molecular weight excluding hydrogens is 444 g/mol. The topological polar surface area (TPSA) is 131 Å². The fourth-order valence-electron chi connectivity index (χ4n) is 3.07. The molecule has 0 unspecified atom stereocenters. The van der Waals surface area contributed by atoms with Gasteiger partial charge in [-0.25, -0.2) is 4.79 Å². The maximum absolute atomic E-state index is 12.7. The largest absolute Gasteiger partial charge is 0.493 e. The van der Waals surface area contributed by atoms with E-state index in [9.17, 15) is 25.0 Å². The van der Waals surface area contributed by atoms with Crippen molar-refractivity contribution in [2.24, 2.45) is 0 Å². The van der Waals surface area contributed by atoms with Gasteiger partial charge >= 0.3 is 5.97 Å². The number of hydrogen-bond donors (Lipinski definition) is 0. The van der Waals surface area contributed by atoms with E-state index < -0.39 is 21.5 Å². The van der Waals surface area contributed by atoms with Gasteiger partial charge in [-0.05, 0) is 48.9 Å². The molecule has 3 rings (SSSR count). The van der Waals surface area contributed by atoms with Crippen molar-refractivity contribution >= 4 is 29.5 Å². The molecule has 0 aliphatic rings. The number of carbonyl (C=O) groups is 1. The highest BCUT2D eigenvalue weighted by Crippen LogP contribution is 2.31. The minimum atomic E-state index is -0.696. The first-order chi connectivity index (χ1) is 16.3. The number of nitro groups is 2. The second-order valence-corrected chi connectivity index (χ2v) is 6.82. The van der Waals surface area contributed by atoms with E-state index in [1.165, 1.54) is 31.4 Å². The zero-order chi connectivity index (χ0) is 24.7. The number of methoxy groups -OCH3 is 1. The van der Waals surface area contributed by atoms with Crippen LogP contribution in [0.25, 0.3) is 12.2 Å². The van der Waals surface area contributed by atoms with E-state index in [4.69, 9.17) is 14.2 Å². The molecule has 3 aromatic rings. The van der Waals surface area contributed by atoms with Crippen molar-refractivity contribution in [3.63, 3.8) is 0 Å². The number of para-hydroxylation sites is 1. The van der Waals surface area contributed by atoms with E-state index in [1.54, 1.807) is 42.5 Å². The molecule has 3 aromatic carbocycles. The summed E-state index contributed by atoms with van der Waals surface area (Å²) < 4.78 is 16.3. The highest BCUT2D eigenvalue weighted by molar-refractivity contribution is 5.94. The summed E-state index contributed by atoms with van der Waals surface area (Å²) in [6.07, 6.45) is 3.04. The quantitative estimate of drug-likeness (QED) is 0.137. The standard InChI is InChI=1S/C24H20N2O8/c1-3-33-21-7-5-4-6-19(21)24(27)34-22-13-9-16(14-23(22)32-2)8-10-17-11-12-18(25(28)29)15-20(17)26(30)31/h4-15H,3H2,1-2H3/b10-8+. The maximum atomic E-state index is 12.7. The molecule has 0 bridgehead atoms. The monoisotopic (exact) mass is 464 g/mol. The molecule has 0 fully saturated rings. The molecule has 0 aromatic heterocycles. The summed E-state index contributed by atoms with van der Waals surface area (Å²) in [4.78, 5) is 33.5. The molecule has 0 heterocycles. The smallest absolute Gasteiger partial charge is 0.347 e. The van der Waals surface area contributed by atoms with Crippen LogP contribution in [-0.2, 0) is 0 Å². The Morgan fingerprint density at radius 1 is 0.912 bits per heavy atom. The SMILES string of the molecule is CCOc1ccccc1C(=O)Oc1ccc(/C=C/c2ccc([N+](=O)[O-])cc2[N+](=O)[O-])cc1OC. The van der Waals surface area contributed by atoms with E-state index in [1.807, 2.05) is 6.92 Å². The normalized spacial score (nSPS) is 10.6. The fourth-order valence-corrected chi connectivity index (χ4v) is 3.07. The number of benzene rings is 3. The van der Waals surface area contributed by atoms with Gasteiger partial charge in [-0.2, -0.15) is 0 Å². The summed E-state index contributed by atoms with van der Waals surface area (Å²) in [7, 11) is 1.41. The molecule has 34 heavy (non-hydrogen) atoms. The van der Waals surface area contributed by atoms with E-state index in [0.717, 1.165) is 6.07 Å². The van der Waals surface area contributed by atoms with Crippen LogP contribution < -0.4 is 14.2 Å². The lowest BCUT2D eigenvalue weighted by Crippen LogP contribution is -2.11. The number of rotatable bonds is 9. The number of ether oxygens (including phenoxy) is 3. The van der Waals surface area contributed by atoms with Crippen LogP contribution in [0.3, 0.4) is 0 Å². The molecule has 10 nitrogen and oxygen atoms in total. The third-order valence-electron chi connectivity index (χ3n) is 4.67. The third kappa shape index (κ3) is 5.54. The molecule has 10 heteroatoms. The van der Waals surface area contributed by atoms with Gasteiger partial charge in [0.15, 0.2) is 11.5 Å². The summed E-state index contributed by atoms with van der Waals surface area (Å²) in [6.45, 7) is 2.20. The van der Waals surface area contributed by atoms with Crippen molar-refractivity contribution in [2.45, 2.75) is 6.92 Å². The molecule has 0 aliphatic carbocycles. The average molecular weight is 464 g/mol. The maximum Gasteiger partial charge on any atom is 0.347 e. The number of esters is 1. The zero-order valence-electron chi connectivity index (χ0n) is 18.3. The third-order valence-corrected chi connectivity index (χ3v) is 4.67. The van der Waals surface area contributed by atoms with Crippen LogP contribution >= 0.6 is 0 Å². The lowest BCUT2D eigenvalue weighted by molar-refractivity contribution is -0.394. The minimum Gasteiger partial charge on any atom is -0.493 e. The zero-order valence-corrected chi connectivity index (χ0v) is 18.3. The Labute approximate surface area is 194 Å². The first-order valence-corrected chi connectivity index (χ1v) is 10.1. The molecule has 0 radical (unpaired) electrons. The molecule has 0 N–H and O–H groups in total. The summed E-state index contributed by atoms with van der Waals surface area (Å²) in [6, 6.07) is 14.9. The summed E-state index contributed by atoms with van der Waals surface area (Å²) in [5.74, 6) is 0.227. The number of nitrogens with zero attached hydrogens (tertiary/aromatic N) is 2. The number of nitro benzene ring substituents is 2. The highest BCUT2D eigenvalue weighted by Gasteiger charge is 2.19. The van der Waals surface area contributed by atoms with E-state index >= 15 is 0 Å². The Balaban J connectivity index is 1.85. The molecule has 0 atom stereocenters. The Bertz CT molecular complexity index is 1270. The van der Waals surface area contributed by atoms with Gasteiger partial charge in [0.05, 0.1) is 35.2 Å². The van der Waals surface area contributed by atoms with Crippen LogP contribution in [0.15, 0.2) is 60.7 Å². The van der Waals surface area contributed by atoms with Crippen molar-refractivity contribution in [3.05, 3.63) is 97.6 Å². The molecule has 0 amide bonds. The predicted octanol–water partition coefficient (Wildman–Crippen LogP) is 5.30. The van der Waals surface area contributed by atoms with Crippen LogP contribution in [-0.4, -0.2) is 29.5 Å². The van der Waals surface area contributed by atoms with Crippen LogP contribution in [0, 0.1) is 20.2 Å². The van der Waals surface area contributed by atoms with Crippen molar-refractivity contribution < 1.29 is 28.9 Å². The fraction of sp³-hybridized carbons (Fsp3) is 0.125. The van der Waals surface area contributed by atoms with E-state index in [0.29, 0.717) is 17.9 Å². The Hall–Kier alpha value is -4.73. The van der Waals surface area contributed by atoms with Gasteiger partial charge in [0.2, 0.25) is 0 Å². The van der Waals surface area contributed by atoms with Gasteiger partial charge < -0.3 is 14.2 Å². The van der Waals surface area contributed by atoms with E-state index in [2.05, 4.69) is 0 Å². The molecule has 174 valence electrons. The molecule has 0 saturated carbocycles. The van der Waals surface area contributed by atoms with Crippen molar-refractivity contribution in [1.82, 2.24) is 0 Å². The average Bonchev–Trinajstić information content (AvgIpc) is 2.83. The summed E-state index contributed by atoms with van der Waals surface area (Å²) in [5, 5.41) is 22.2. The highest BCUT2D eigenvalue weighted by atomic mass is 16.6. The van der Waals surface area contributed by atoms with Crippen molar-refractivity contribution in [2.75, 3.05) is 13.7 Å². The lowest BCUT2D eigenvalue weighted by Gasteiger charge is -2.12. The number of non-ortho nitro benzene ring substituents is 1. The molecule has 0 aliphatic heterocycles. The summed E-state index contributed by atoms with van der Waals surface area (Å²) >= 11 is 0. The molecular formula is C24H20N2O8. The van der Waals surface area contributed by atoms with E-state index in [-0.39, 0.29) is 28.3 Å². The lowest BCUT2D eigenvalue weighted by atomic mass is 10.1. The Morgan fingerprint density at radius 3 is 2.35 bits per heavy atom.